The predicted octanol–water partition coefficient (Wildman–Crippen LogP) is 4.21. The van der Waals surface area contributed by atoms with Crippen molar-refractivity contribution >= 4 is 23.3 Å². The van der Waals surface area contributed by atoms with E-state index in [0.717, 1.165) is 29.3 Å². The first-order valence-corrected chi connectivity index (χ1v) is 7.94. The van der Waals surface area contributed by atoms with Crippen LogP contribution in [0.3, 0.4) is 0 Å². The van der Waals surface area contributed by atoms with Crippen molar-refractivity contribution in [3.63, 3.8) is 0 Å². The SMILES string of the molecule is O=C(O)c1cc([N+](=O)[O-])ccc1C(=O)Nc1ccc(-c2ccccc2)cc1. The molecule has 0 aromatic heterocycles. The van der Waals surface area contributed by atoms with Gasteiger partial charge in [0.05, 0.1) is 16.1 Å². The quantitative estimate of drug-likeness (QED) is 0.522. The number of nitro groups is 1. The number of benzene rings is 3. The van der Waals surface area contributed by atoms with Gasteiger partial charge in [-0.05, 0) is 29.3 Å². The zero-order valence-corrected chi connectivity index (χ0v) is 14.0. The maximum atomic E-state index is 12.4. The van der Waals surface area contributed by atoms with Crippen molar-refractivity contribution in [1.82, 2.24) is 0 Å². The number of hydrogen-bond acceptors (Lipinski definition) is 4. The highest BCUT2D eigenvalue weighted by Crippen LogP contribution is 2.23. The average Bonchev–Trinajstić information content (AvgIpc) is 2.68. The fourth-order valence-corrected chi connectivity index (χ4v) is 2.60. The highest BCUT2D eigenvalue weighted by molar-refractivity contribution is 6.11. The van der Waals surface area contributed by atoms with Gasteiger partial charge in [0.1, 0.15) is 0 Å². The zero-order chi connectivity index (χ0) is 19.4. The number of nitro benzene ring substituents is 1. The fraction of sp³-hybridized carbons (Fsp3) is 0. The summed E-state index contributed by atoms with van der Waals surface area (Å²) in [6.45, 7) is 0. The van der Waals surface area contributed by atoms with Crippen molar-refractivity contribution in [2.75, 3.05) is 5.32 Å². The number of nitrogens with one attached hydrogen (secondary N) is 1. The highest BCUT2D eigenvalue weighted by Gasteiger charge is 2.20. The molecule has 0 saturated heterocycles. The van der Waals surface area contributed by atoms with Gasteiger partial charge in [0.15, 0.2) is 0 Å². The van der Waals surface area contributed by atoms with Crippen LogP contribution in [-0.2, 0) is 0 Å². The first kappa shape index (κ1) is 17.8. The Kier molecular flexibility index (Phi) is 4.94. The van der Waals surface area contributed by atoms with Gasteiger partial charge in [0, 0.05) is 17.8 Å². The van der Waals surface area contributed by atoms with Gasteiger partial charge in [0.2, 0.25) is 0 Å². The summed E-state index contributed by atoms with van der Waals surface area (Å²) in [5, 5.41) is 22.7. The first-order valence-electron chi connectivity index (χ1n) is 7.94. The van der Waals surface area contributed by atoms with Gasteiger partial charge in [-0.25, -0.2) is 4.79 Å². The van der Waals surface area contributed by atoms with Crippen LogP contribution in [0.5, 0.6) is 0 Å². The smallest absolute Gasteiger partial charge is 0.336 e. The normalized spacial score (nSPS) is 10.2. The number of carboxylic acids is 1. The van der Waals surface area contributed by atoms with Crippen LogP contribution in [0.25, 0.3) is 11.1 Å². The molecule has 0 spiro atoms. The molecule has 0 heterocycles. The van der Waals surface area contributed by atoms with Crippen LogP contribution in [-0.4, -0.2) is 21.9 Å². The Bertz CT molecular complexity index is 1010. The first-order chi connectivity index (χ1) is 13.0. The third-order valence-electron chi connectivity index (χ3n) is 3.94. The second kappa shape index (κ2) is 7.49. The lowest BCUT2D eigenvalue weighted by atomic mass is 10.0. The van der Waals surface area contributed by atoms with Crippen LogP contribution in [0.4, 0.5) is 11.4 Å². The van der Waals surface area contributed by atoms with E-state index < -0.39 is 28.1 Å². The summed E-state index contributed by atoms with van der Waals surface area (Å²) < 4.78 is 0. The van der Waals surface area contributed by atoms with Crippen molar-refractivity contribution < 1.29 is 19.6 Å². The molecule has 7 nitrogen and oxygen atoms in total. The molecule has 0 aliphatic rings. The van der Waals surface area contributed by atoms with Crippen molar-refractivity contribution in [2.45, 2.75) is 0 Å². The standard InChI is InChI=1S/C20H14N2O5/c23-19(17-11-10-16(22(26)27)12-18(17)20(24)25)21-15-8-6-14(7-9-15)13-4-2-1-3-5-13/h1-12H,(H,21,23)(H,24,25). The van der Waals surface area contributed by atoms with Gasteiger partial charge >= 0.3 is 5.97 Å². The molecule has 0 fully saturated rings. The lowest BCUT2D eigenvalue weighted by Crippen LogP contribution is -2.16. The Morgan fingerprint density at radius 2 is 1.48 bits per heavy atom. The van der Waals surface area contributed by atoms with Crippen molar-refractivity contribution in [3.05, 3.63) is 94.0 Å². The number of carbonyl (C=O) groups excluding carboxylic acids is 1. The maximum Gasteiger partial charge on any atom is 0.336 e. The molecule has 7 heteroatoms. The molecule has 0 aliphatic carbocycles. The van der Waals surface area contributed by atoms with E-state index >= 15 is 0 Å². The molecule has 27 heavy (non-hydrogen) atoms. The molecule has 134 valence electrons. The topological polar surface area (TPSA) is 110 Å². The van der Waals surface area contributed by atoms with E-state index in [1.165, 1.54) is 0 Å². The minimum atomic E-state index is -1.41. The summed E-state index contributed by atoms with van der Waals surface area (Å²) in [5.74, 6) is -2.07. The summed E-state index contributed by atoms with van der Waals surface area (Å²) in [5.41, 5.74) is 1.50. The number of aromatic carboxylic acids is 1. The molecule has 0 saturated carbocycles. The molecular formula is C20H14N2O5. The van der Waals surface area contributed by atoms with Crippen molar-refractivity contribution in [1.29, 1.82) is 0 Å². The van der Waals surface area contributed by atoms with Crippen LogP contribution in [0.15, 0.2) is 72.8 Å². The lowest BCUT2D eigenvalue weighted by Gasteiger charge is -2.09. The summed E-state index contributed by atoms with van der Waals surface area (Å²) in [6.07, 6.45) is 0. The summed E-state index contributed by atoms with van der Waals surface area (Å²) in [6, 6.07) is 19.9. The predicted molar refractivity (Wildman–Crippen MR) is 99.9 cm³/mol. The molecule has 3 rings (SSSR count). The summed E-state index contributed by atoms with van der Waals surface area (Å²) in [4.78, 5) is 33.9. The van der Waals surface area contributed by atoms with E-state index in [0.29, 0.717) is 5.69 Å². The van der Waals surface area contributed by atoms with Crippen LogP contribution < -0.4 is 5.32 Å². The maximum absolute atomic E-state index is 12.4. The lowest BCUT2D eigenvalue weighted by molar-refractivity contribution is -0.384. The Balaban J connectivity index is 1.83. The Labute approximate surface area is 154 Å². The number of rotatable bonds is 5. The van der Waals surface area contributed by atoms with Gasteiger partial charge in [-0.1, -0.05) is 42.5 Å². The molecule has 1 amide bonds. The second-order valence-electron chi connectivity index (χ2n) is 5.69. The Hall–Kier alpha value is -4.00. The molecular weight excluding hydrogens is 348 g/mol. The minimum Gasteiger partial charge on any atom is -0.478 e. The van der Waals surface area contributed by atoms with E-state index in [9.17, 15) is 24.8 Å². The molecule has 0 bridgehead atoms. The number of carbonyl (C=O) groups is 2. The number of amides is 1. The monoisotopic (exact) mass is 362 g/mol. The molecule has 0 unspecified atom stereocenters. The molecule has 0 radical (unpaired) electrons. The van der Waals surface area contributed by atoms with Gasteiger partial charge < -0.3 is 10.4 Å². The molecule has 0 atom stereocenters. The number of non-ortho nitro benzene ring substituents is 1. The van der Waals surface area contributed by atoms with Crippen LogP contribution >= 0.6 is 0 Å². The van der Waals surface area contributed by atoms with Gasteiger partial charge in [-0.3, -0.25) is 14.9 Å². The van der Waals surface area contributed by atoms with Gasteiger partial charge in [-0.15, -0.1) is 0 Å². The average molecular weight is 362 g/mol. The minimum absolute atomic E-state index is 0.153. The largest absolute Gasteiger partial charge is 0.478 e. The van der Waals surface area contributed by atoms with E-state index in [4.69, 9.17) is 0 Å². The Morgan fingerprint density at radius 3 is 2.07 bits per heavy atom. The van der Waals surface area contributed by atoms with Crippen molar-refractivity contribution in [3.8, 4) is 11.1 Å². The Morgan fingerprint density at radius 1 is 0.852 bits per heavy atom. The number of nitrogens with zero attached hydrogens (tertiary/aromatic N) is 1. The summed E-state index contributed by atoms with van der Waals surface area (Å²) in [7, 11) is 0. The zero-order valence-electron chi connectivity index (χ0n) is 14.0. The third kappa shape index (κ3) is 3.98. The highest BCUT2D eigenvalue weighted by atomic mass is 16.6. The molecule has 2 N–H and O–H groups in total. The summed E-state index contributed by atoms with van der Waals surface area (Å²) >= 11 is 0. The van der Waals surface area contributed by atoms with Crippen LogP contribution in [0.1, 0.15) is 20.7 Å². The van der Waals surface area contributed by atoms with E-state index in [2.05, 4.69) is 5.32 Å². The van der Waals surface area contributed by atoms with Gasteiger partial charge in [-0.2, -0.15) is 0 Å². The number of anilines is 1. The van der Waals surface area contributed by atoms with Crippen LogP contribution in [0.2, 0.25) is 0 Å². The third-order valence-corrected chi connectivity index (χ3v) is 3.94. The fourth-order valence-electron chi connectivity index (χ4n) is 2.60. The van der Waals surface area contributed by atoms with Crippen LogP contribution in [0, 0.1) is 10.1 Å². The van der Waals surface area contributed by atoms with Crippen molar-refractivity contribution in [2.24, 2.45) is 0 Å². The van der Waals surface area contributed by atoms with E-state index in [1.807, 2.05) is 42.5 Å². The second-order valence-corrected chi connectivity index (χ2v) is 5.69. The number of hydrogen-bond donors (Lipinski definition) is 2. The number of carboxylic acid groups (broad SMARTS) is 1. The van der Waals surface area contributed by atoms with Gasteiger partial charge in [0.25, 0.3) is 11.6 Å². The molecule has 3 aromatic carbocycles. The molecule has 3 aromatic rings. The van der Waals surface area contributed by atoms with E-state index in [-0.39, 0.29) is 5.56 Å². The molecule has 0 aliphatic heterocycles. The van der Waals surface area contributed by atoms with E-state index in [1.54, 1.807) is 12.1 Å².